The molecule has 0 aromatic heterocycles. The van der Waals surface area contributed by atoms with Crippen LogP contribution in [0.5, 0.6) is 5.75 Å². The number of nitrogens with one attached hydrogen (secondary N) is 1. The molecule has 1 unspecified atom stereocenters. The van der Waals surface area contributed by atoms with Crippen LogP contribution in [0.1, 0.15) is 36.4 Å². The number of ether oxygens (including phenoxy) is 1. The van der Waals surface area contributed by atoms with E-state index in [4.69, 9.17) is 4.74 Å². The van der Waals surface area contributed by atoms with Gasteiger partial charge in [-0.05, 0) is 72.8 Å². The fraction of sp³-hybridized carbons (Fsp3) is 0.429. The van der Waals surface area contributed by atoms with Crippen LogP contribution in [-0.2, 0) is 6.42 Å². The largest absolute Gasteiger partial charge is 0.497 e. The van der Waals surface area contributed by atoms with Crippen molar-refractivity contribution in [2.24, 2.45) is 5.92 Å². The Morgan fingerprint density at radius 3 is 2.48 bits per heavy atom. The van der Waals surface area contributed by atoms with E-state index in [0.29, 0.717) is 6.04 Å². The molecule has 4 rings (SSSR count). The summed E-state index contributed by atoms with van der Waals surface area (Å²) < 4.78 is 5.26. The molecule has 1 atom stereocenters. The standard InChI is InChI=1S/C21H26N2O.ClH/c1-23(17-7-9-19(24-2)10-8-17)18-6-5-16-11-12-22-21(20(16)14-18)13-15-3-4-15;/h5-10,14-15,21-22H,3-4,11-13H2,1-2H3;1H. The zero-order chi connectivity index (χ0) is 16.5. The molecule has 134 valence electrons. The first-order valence-corrected chi connectivity index (χ1v) is 8.98. The molecule has 0 radical (unpaired) electrons. The molecular formula is C21H27ClN2O. The van der Waals surface area contributed by atoms with Crippen LogP contribution in [0.3, 0.4) is 0 Å². The van der Waals surface area contributed by atoms with E-state index in [2.05, 4.69) is 47.6 Å². The van der Waals surface area contributed by atoms with Crippen molar-refractivity contribution in [3.05, 3.63) is 53.6 Å². The number of benzene rings is 2. The summed E-state index contributed by atoms with van der Waals surface area (Å²) in [7, 11) is 3.84. The third kappa shape index (κ3) is 3.94. The molecule has 0 amide bonds. The van der Waals surface area contributed by atoms with E-state index in [0.717, 1.165) is 24.6 Å². The lowest BCUT2D eigenvalue weighted by Gasteiger charge is -2.29. The minimum atomic E-state index is 0. The average molecular weight is 359 g/mol. The summed E-state index contributed by atoms with van der Waals surface area (Å²) >= 11 is 0. The van der Waals surface area contributed by atoms with Gasteiger partial charge < -0.3 is 15.0 Å². The fourth-order valence-corrected chi connectivity index (χ4v) is 3.69. The van der Waals surface area contributed by atoms with E-state index in [1.807, 2.05) is 12.1 Å². The number of methoxy groups -OCH3 is 1. The number of hydrogen-bond acceptors (Lipinski definition) is 3. The van der Waals surface area contributed by atoms with Gasteiger partial charge in [-0.15, -0.1) is 12.4 Å². The first-order valence-electron chi connectivity index (χ1n) is 8.98. The summed E-state index contributed by atoms with van der Waals surface area (Å²) in [5, 5.41) is 3.73. The molecule has 4 heteroatoms. The predicted octanol–water partition coefficient (Wildman–Crippen LogP) is 4.87. The van der Waals surface area contributed by atoms with Gasteiger partial charge in [0.2, 0.25) is 0 Å². The average Bonchev–Trinajstić information content (AvgIpc) is 3.45. The maximum absolute atomic E-state index is 5.26. The molecule has 2 aromatic rings. The van der Waals surface area contributed by atoms with Crippen molar-refractivity contribution in [2.75, 3.05) is 25.6 Å². The molecule has 2 aliphatic rings. The van der Waals surface area contributed by atoms with Crippen molar-refractivity contribution < 1.29 is 4.74 Å². The highest BCUT2D eigenvalue weighted by Gasteiger charge is 2.29. The zero-order valence-electron chi connectivity index (χ0n) is 15.0. The Labute approximate surface area is 156 Å². The minimum absolute atomic E-state index is 0. The van der Waals surface area contributed by atoms with Gasteiger partial charge in [-0.25, -0.2) is 0 Å². The maximum Gasteiger partial charge on any atom is 0.119 e. The first-order chi connectivity index (χ1) is 11.7. The Balaban J connectivity index is 0.00000182. The van der Waals surface area contributed by atoms with Crippen molar-refractivity contribution in [1.82, 2.24) is 5.32 Å². The van der Waals surface area contributed by atoms with Crippen LogP contribution in [0.25, 0.3) is 0 Å². The van der Waals surface area contributed by atoms with Gasteiger partial charge in [0, 0.05) is 24.5 Å². The number of nitrogens with zero attached hydrogens (tertiary/aromatic N) is 1. The summed E-state index contributed by atoms with van der Waals surface area (Å²) in [6.07, 6.45) is 5.27. The van der Waals surface area contributed by atoms with Gasteiger partial charge in [0.25, 0.3) is 0 Å². The zero-order valence-corrected chi connectivity index (χ0v) is 15.8. The molecule has 1 N–H and O–H groups in total. The molecule has 1 aliphatic heterocycles. The molecule has 3 nitrogen and oxygen atoms in total. The quantitative estimate of drug-likeness (QED) is 0.825. The second kappa shape index (κ2) is 7.67. The molecule has 1 saturated carbocycles. The molecule has 25 heavy (non-hydrogen) atoms. The van der Waals surface area contributed by atoms with Gasteiger partial charge in [0.1, 0.15) is 5.75 Å². The lowest BCUT2D eigenvalue weighted by Crippen LogP contribution is -2.30. The van der Waals surface area contributed by atoms with Gasteiger partial charge in [-0.3, -0.25) is 0 Å². The van der Waals surface area contributed by atoms with E-state index in [9.17, 15) is 0 Å². The van der Waals surface area contributed by atoms with Crippen LogP contribution in [0.15, 0.2) is 42.5 Å². The van der Waals surface area contributed by atoms with Crippen LogP contribution in [0.2, 0.25) is 0 Å². The molecule has 0 saturated heterocycles. The summed E-state index contributed by atoms with van der Waals surface area (Å²) in [5.41, 5.74) is 5.46. The highest BCUT2D eigenvalue weighted by atomic mass is 35.5. The first kappa shape index (κ1) is 18.1. The molecule has 1 aliphatic carbocycles. The van der Waals surface area contributed by atoms with E-state index in [1.54, 1.807) is 7.11 Å². The lowest BCUT2D eigenvalue weighted by atomic mass is 9.90. The molecule has 2 aromatic carbocycles. The normalized spacial score (nSPS) is 18.9. The van der Waals surface area contributed by atoms with Gasteiger partial charge >= 0.3 is 0 Å². The Bertz CT molecular complexity index is 712. The van der Waals surface area contributed by atoms with Crippen LogP contribution in [-0.4, -0.2) is 20.7 Å². The lowest BCUT2D eigenvalue weighted by molar-refractivity contribution is 0.415. The number of anilines is 2. The number of rotatable bonds is 5. The molecule has 0 spiro atoms. The van der Waals surface area contributed by atoms with E-state index in [1.165, 1.54) is 41.8 Å². The number of hydrogen-bond donors (Lipinski definition) is 1. The van der Waals surface area contributed by atoms with Gasteiger partial charge in [-0.2, -0.15) is 0 Å². The van der Waals surface area contributed by atoms with Crippen molar-refractivity contribution in [3.8, 4) is 5.75 Å². The van der Waals surface area contributed by atoms with Crippen LogP contribution in [0.4, 0.5) is 11.4 Å². The summed E-state index contributed by atoms with van der Waals surface area (Å²) in [6.45, 7) is 1.11. The Morgan fingerprint density at radius 1 is 1.08 bits per heavy atom. The van der Waals surface area contributed by atoms with Gasteiger partial charge in [-0.1, -0.05) is 18.9 Å². The Hall–Kier alpha value is -1.71. The highest BCUT2D eigenvalue weighted by Crippen LogP contribution is 2.40. The topological polar surface area (TPSA) is 24.5 Å². The molecule has 1 fully saturated rings. The van der Waals surface area contributed by atoms with Crippen LogP contribution < -0.4 is 15.0 Å². The van der Waals surface area contributed by atoms with Crippen molar-refractivity contribution in [2.45, 2.75) is 31.7 Å². The van der Waals surface area contributed by atoms with Crippen LogP contribution >= 0.6 is 12.4 Å². The highest BCUT2D eigenvalue weighted by molar-refractivity contribution is 5.85. The van der Waals surface area contributed by atoms with Gasteiger partial charge in [0.05, 0.1) is 7.11 Å². The molecule has 0 bridgehead atoms. The Kier molecular flexibility index (Phi) is 5.55. The van der Waals surface area contributed by atoms with Crippen LogP contribution in [0, 0.1) is 5.92 Å². The fourth-order valence-electron chi connectivity index (χ4n) is 3.69. The number of halogens is 1. The maximum atomic E-state index is 5.26. The second-order valence-electron chi connectivity index (χ2n) is 7.08. The molecular weight excluding hydrogens is 332 g/mol. The second-order valence-corrected chi connectivity index (χ2v) is 7.08. The number of fused-ring (bicyclic) bond motifs is 1. The van der Waals surface area contributed by atoms with E-state index < -0.39 is 0 Å². The summed E-state index contributed by atoms with van der Waals surface area (Å²) in [4.78, 5) is 2.25. The van der Waals surface area contributed by atoms with E-state index in [-0.39, 0.29) is 12.4 Å². The third-order valence-electron chi connectivity index (χ3n) is 5.40. The molecule has 1 heterocycles. The van der Waals surface area contributed by atoms with Crippen molar-refractivity contribution in [3.63, 3.8) is 0 Å². The predicted molar refractivity (Wildman–Crippen MR) is 107 cm³/mol. The summed E-state index contributed by atoms with van der Waals surface area (Å²) in [6, 6.07) is 15.7. The third-order valence-corrected chi connectivity index (χ3v) is 5.40. The smallest absolute Gasteiger partial charge is 0.119 e. The SMILES string of the molecule is COc1ccc(N(C)c2ccc3c(c2)C(CC2CC2)NCC3)cc1.Cl. The minimum Gasteiger partial charge on any atom is -0.497 e. The van der Waals surface area contributed by atoms with Gasteiger partial charge in [0.15, 0.2) is 0 Å². The monoisotopic (exact) mass is 358 g/mol. The Morgan fingerprint density at radius 2 is 1.80 bits per heavy atom. The van der Waals surface area contributed by atoms with Crippen molar-refractivity contribution in [1.29, 1.82) is 0 Å². The summed E-state index contributed by atoms with van der Waals surface area (Å²) in [5.74, 6) is 1.84. The van der Waals surface area contributed by atoms with Crippen molar-refractivity contribution >= 4 is 23.8 Å². The van der Waals surface area contributed by atoms with E-state index >= 15 is 0 Å².